The molecule has 2 unspecified atom stereocenters. The molecule has 2 atom stereocenters. The number of hydrogen-bond acceptors (Lipinski definition) is 7. The standard InChI is InChI=1S/C25H23N5O2S2/c1-16-21(23(31)27-18-11-6-7-12-19(18)32-2)22(20-13-8-14-33-20)30-24(26-16)28-25(29-30)34-15-17-9-4-3-5-10-17/h3-14,21-22H,15H2,1-2H3,(H,27,31). The normalized spacial score (nSPS) is 17.1. The van der Waals surface area contributed by atoms with Gasteiger partial charge in [-0.2, -0.15) is 4.98 Å². The molecule has 1 aliphatic rings. The number of carbonyl (C=O) groups excluding carboxylic acids is 1. The molecule has 4 aromatic rings. The van der Waals surface area contributed by atoms with Crippen molar-refractivity contribution in [2.75, 3.05) is 12.4 Å². The Morgan fingerprint density at radius 3 is 2.68 bits per heavy atom. The van der Waals surface area contributed by atoms with E-state index in [4.69, 9.17) is 9.84 Å². The van der Waals surface area contributed by atoms with Crippen molar-refractivity contribution < 1.29 is 9.53 Å². The predicted molar refractivity (Wildman–Crippen MR) is 136 cm³/mol. The van der Waals surface area contributed by atoms with E-state index in [2.05, 4.69) is 27.4 Å². The SMILES string of the molecule is COc1ccccc1NC(=O)C1C(C)=Nc2nc(SCc3ccccc3)nn2C1c1cccs1. The topological polar surface area (TPSA) is 81.4 Å². The number of methoxy groups -OCH3 is 1. The number of nitrogens with one attached hydrogen (secondary N) is 1. The Balaban J connectivity index is 1.46. The molecule has 0 spiro atoms. The minimum absolute atomic E-state index is 0.163. The molecule has 0 aliphatic carbocycles. The van der Waals surface area contributed by atoms with Crippen LogP contribution in [0.4, 0.5) is 11.6 Å². The van der Waals surface area contributed by atoms with Crippen molar-refractivity contribution in [3.8, 4) is 5.75 Å². The van der Waals surface area contributed by atoms with Crippen LogP contribution in [0.3, 0.4) is 0 Å². The molecular weight excluding hydrogens is 466 g/mol. The number of hydrogen-bond donors (Lipinski definition) is 1. The van der Waals surface area contributed by atoms with Crippen LogP contribution in [0.15, 0.2) is 82.3 Å². The second-order valence-corrected chi connectivity index (χ2v) is 9.72. The fourth-order valence-electron chi connectivity index (χ4n) is 3.97. The van der Waals surface area contributed by atoms with Gasteiger partial charge in [-0.1, -0.05) is 60.3 Å². The molecule has 2 aromatic heterocycles. The van der Waals surface area contributed by atoms with Crippen LogP contribution in [-0.4, -0.2) is 33.5 Å². The number of thiophene rings is 1. The van der Waals surface area contributed by atoms with E-state index in [0.717, 1.165) is 10.6 Å². The van der Waals surface area contributed by atoms with Gasteiger partial charge in [0.2, 0.25) is 17.0 Å². The van der Waals surface area contributed by atoms with E-state index in [0.29, 0.717) is 28.3 Å². The predicted octanol–water partition coefficient (Wildman–Crippen LogP) is 5.59. The Bertz CT molecular complexity index is 1320. The lowest BCUT2D eigenvalue weighted by molar-refractivity contribution is -0.118. The van der Waals surface area contributed by atoms with Gasteiger partial charge in [-0.15, -0.1) is 16.4 Å². The van der Waals surface area contributed by atoms with E-state index in [1.54, 1.807) is 34.9 Å². The number of aromatic nitrogens is 3. The summed E-state index contributed by atoms with van der Waals surface area (Å²) in [4.78, 5) is 23.9. The zero-order chi connectivity index (χ0) is 23.5. The molecule has 0 fully saturated rings. The Labute approximate surface area is 205 Å². The number of thioether (sulfide) groups is 1. The molecule has 0 saturated carbocycles. The lowest BCUT2D eigenvalue weighted by atomic mass is 9.91. The van der Waals surface area contributed by atoms with Gasteiger partial charge in [0, 0.05) is 16.3 Å². The van der Waals surface area contributed by atoms with E-state index in [1.807, 2.05) is 66.9 Å². The van der Waals surface area contributed by atoms with Crippen molar-refractivity contribution >= 4 is 46.4 Å². The summed E-state index contributed by atoms with van der Waals surface area (Å²) < 4.78 is 7.20. The Kier molecular flexibility index (Phi) is 6.46. The molecule has 9 heteroatoms. The van der Waals surface area contributed by atoms with Gasteiger partial charge in [-0.05, 0) is 36.1 Å². The molecule has 0 bridgehead atoms. The summed E-state index contributed by atoms with van der Waals surface area (Å²) in [5.41, 5.74) is 2.52. The summed E-state index contributed by atoms with van der Waals surface area (Å²) in [6.07, 6.45) is 0. The number of carbonyl (C=O) groups is 1. The molecule has 1 amide bonds. The van der Waals surface area contributed by atoms with Crippen LogP contribution in [0.5, 0.6) is 5.75 Å². The lowest BCUT2D eigenvalue weighted by Gasteiger charge is -2.29. The first-order chi connectivity index (χ1) is 16.6. The molecule has 0 saturated heterocycles. The van der Waals surface area contributed by atoms with E-state index in [1.165, 1.54) is 5.56 Å². The number of rotatable bonds is 7. The van der Waals surface area contributed by atoms with Gasteiger partial charge in [0.1, 0.15) is 17.7 Å². The third-order valence-corrected chi connectivity index (χ3v) is 7.44. The first-order valence-electron chi connectivity index (χ1n) is 10.8. The molecule has 1 N–H and O–H groups in total. The number of amides is 1. The second-order valence-electron chi connectivity index (χ2n) is 7.79. The average molecular weight is 490 g/mol. The molecule has 1 aliphatic heterocycles. The summed E-state index contributed by atoms with van der Waals surface area (Å²) in [5, 5.41) is 10.5. The average Bonchev–Trinajstić information content (AvgIpc) is 3.53. The van der Waals surface area contributed by atoms with Gasteiger partial charge in [-0.25, -0.2) is 9.67 Å². The van der Waals surface area contributed by atoms with Crippen molar-refractivity contribution in [2.24, 2.45) is 10.9 Å². The maximum absolute atomic E-state index is 13.6. The minimum atomic E-state index is -0.537. The van der Waals surface area contributed by atoms with Gasteiger partial charge in [0.25, 0.3) is 0 Å². The van der Waals surface area contributed by atoms with Crippen molar-refractivity contribution in [1.29, 1.82) is 0 Å². The molecule has 0 radical (unpaired) electrons. The van der Waals surface area contributed by atoms with Crippen LogP contribution in [-0.2, 0) is 10.5 Å². The van der Waals surface area contributed by atoms with Crippen LogP contribution in [0.25, 0.3) is 0 Å². The summed E-state index contributed by atoms with van der Waals surface area (Å²) in [6, 6.07) is 21.3. The van der Waals surface area contributed by atoms with E-state index in [-0.39, 0.29) is 11.9 Å². The van der Waals surface area contributed by atoms with Gasteiger partial charge in [0.15, 0.2) is 0 Å². The highest BCUT2D eigenvalue weighted by atomic mass is 32.2. The van der Waals surface area contributed by atoms with Crippen LogP contribution >= 0.6 is 23.1 Å². The fraction of sp³-hybridized carbons (Fsp3) is 0.200. The third kappa shape index (κ3) is 4.49. The van der Waals surface area contributed by atoms with E-state index in [9.17, 15) is 4.79 Å². The third-order valence-electron chi connectivity index (χ3n) is 5.59. The van der Waals surface area contributed by atoms with E-state index < -0.39 is 5.92 Å². The minimum Gasteiger partial charge on any atom is -0.495 e. The number of nitrogens with zero attached hydrogens (tertiary/aromatic N) is 4. The molecule has 2 aromatic carbocycles. The maximum atomic E-state index is 13.6. The Morgan fingerprint density at radius 1 is 1.12 bits per heavy atom. The number of benzene rings is 2. The number of para-hydroxylation sites is 2. The van der Waals surface area contributed by atoms with Crippen LogP contribution in [0.2, 0.25) is 0 Å². The number of aliphatic imine (C=N–C) groups is 1. The number of ether oxygens (including phenoxy) is 1. The smallest absolute Gasteiger partial charge is 0.249 e. The Morgan fingerprint density at radius 2 is 1.91 bits per heavy atom. The molecular formula is C25H23N5O2S2. The highest BCUT2D eigenvalue weighted by molar-refractivity contribution is 7.98. The highest BCUT2D eigenvalue weighted by Crippen LogP contribution is 2.39. The summed E-state index contributed by atoms with van der Waals surface area (Å²) in [7, 11) is 1.59. The van der Waals surface area contributed by atoms with Crippen LogP contribution in [0, 0.1) is 5.92 Å². The fourth-order valence-corrected chi connectivity index (χ4v) is 5.60. The van der Waals surface area contributed by atoms with Crippen LogP contribution < -0.4 is 10.1 Å². The van der Waals surface area contributed by atoms with Crippen molar-refractivity contribution in [2.45, 2.75) is 23.9 Å². The Hall–Kier alpha value is -3.43. The molecule has 172 valence electrons. The molecule has 5 rings (SSSR count). The maximum Gasteiger partial charge on any atom is 0.249 e. The van der Waals surface area contributed by atoms with Gasteiger partial charge < -0.3 is 10.1 Å². The van der Waals surface area contributed by atoms with Crippen molar-refractivity contribution in [1.82, 2.24) is 14.8 Å². The quantitative estimate of drug-likeness (QED) is 0.342. The zero-order valence-corrected chi connectivity index (χ0v) is 20.3. The van der Waals surface area contributed by atoms with Crippen molar-refractivity contribution in [3.63, 3.8) is 0 Å². The second kappa shape index (κ2) is 9.82. The molecule has 34 heavy (non-hydrogen) atoms. The van der Waals surface area contributed by atoms with Gasteiger partial charge in [0.05, 0.1) is 12.8 Å². The molecule has 3 heterocycles. The van der Waals surface area contributed by atoms with Crippen LogP contribution in [0.1, 0.15) is 23.4 Å². The largest absolute Gasteiger partial charge is 0.495 e. The van der Waals surface area contributed by atoms with Crippen molar-refractivity contribution in [3.05, 3.63) is 82.6 Å². The van der Waals surface area contributed by atoms with Gasteiger partial charge >= 0.3 is 0 Å². The highest BCUT2D eigenvalue weighted by Gasteiger charge is 2.40. The number of fused-ring (bicyclic) bond motifs is 1. The summed E-state index contributed by atoms with van der Waals surface area (Å²) in [6.45, 7) is 1.88. The number of anilines is 1. The summed E-state index contributed by atoms with van der Waals surface area (Å²) in [5.74, 6) is 1.19. The molecule has 7 nitrogen and oxygen atoms in total. The zero-order valence-electron chi connectivity index (χ0n) is 18.7. The van der Waals surface area contributed by atoms with Gasteiger partial charge in [-0.3, -0.25) is 4.79 Å². The first-order valence-corrected chi connectivity index (χ1v) is 12.7. The monoisotopic (exact) mass is 489 g/mol. The summed E-state index contributed by atoms with van der Waals surface area (Å²) >= 11 is 3.15. The first kappa shape index (κ1) is 22.4. The lowest BCUT2D eigenvalue weighted by Crippen LogP contribution is -2.38. The van der Waals surface area contributed by atoms with E-state index >= 15 is 0 Å².